The first-order chi connectivity index (χ1) is 9.09. The van der Waals surface area contributed by atoms with Gasteiger partial charge in [-0.1, -0.05) is 25.1 Å². The minimum Gasteiger partial charge on any atom is -0.493 e. The van der Waals surface area contributed by atoms with Gasteiger partial charge in [-0.2, -0.15) is 0 Å². The second-order valence-electron chi connectivity index (χ2n) is 4.85. The van der Waals surface area contributed by atoms with E-state index in [4.69, 9.17) is 9.84 Å². The van der Waals surface area contributed by atoms with E-state index in [1.807, 2.05) is 44.2 Å². The zero-order valence-electron chi connectivity index (χ0n) is 11.7. The van der Waals surface area contributed by atoms with E-state index in [1.165, 1.54) is 0 Å². The number of aliphatic hydroxyl groups excluding tert-OH is 1. The second kappa shape index (κ2) is 7.79. The number of ether oxygens (including phenoxy) is 1. The fourth-order valence-electron chi connectivity index (χ4n) is 1.75. The van der Waals surface area contributed by atoms with Crippen LogP contribution in [0.4, 0.5) is 0 Å². The highest BCUT2D eigenvalue weighted by Crippen LogP contribution is 2.14. The predicted molar refractivity (Wildman–Crippen MR) is 75.1 cm³/mol. The van der Waals surface area contributed by atoms with Crippen LogP contribution in [-0.4, -0.2) is 29.8 Å². The number of amides is 1. The normalized spacial score (nSPS) is 13.6. The molecule has 0 saturated carbocycles. The molecular formula is C15H23NO3. The van der Waals surface area contributed by atoms with Gasteiger partial charge in [0.15, 0.2) is 0 Å². The molecule has 0 bridgehead atoms. The Morgan fingerprint density at radius 3 is 2.63 bits per heavy atom. The van der Waals surface area contributed by atoms with Gasteiger partial charge in [-0.15, -0.1) is 0 Å². The van der Waals surface area contributed by atoms with Crippen molar-refractivity contribution in [2.75, 3.05) is 13.2 Å². The van der Waals surface area contributed by atoms with Crippen LogP contribution in [0.1, 0.15) is 33.1 Å². The van der Waals surface area contributed by atoms with E-state index in [0.717, 1.165) is 12.2 Å². The molecule has 19 heavy (non-hydrogen) atoms. The Labute approximate surface area is 114 Å². The van der Waals surface area contributed by atoms with Crippen molar-refractivity contribution in [2.24, 2.45) is 0 Å². The van der Waals surface area contributed by atoms with Crippen LogP contribution in [-0.2, 0) is 4.79 Å². The van der Waals surface area contributed by atoms with Crippen molar-refractivity contribution in [2.45, 2.75) is 38.6 Å². The summed E-state index contributed by atoms with van der Waals surface area (Å²) < 4.78 is 5.47. The molecule has 2 N–H and O–H groups in total. The highest BCUT2D eigenvalue weighted by Gasteiger charge is 2.23. The maximum absolute atomic E-state index is 11.8. The number of carbonyl (C=O) groups is 1. The Morgan fingerprint density at radius 2 is 2.05 bits per heavy atom. The summed E-state index contributed by atoms with van der Waals surface area (Å²) in [5, 5.41) is 11.9. The molecule has 1 unspecified atom stereocenters. The zero-order valence-corrected chi connectivity index (χ0v) is 11.7. The maximum atomic E-state index is 11.8. The molecule has 106 valence electrons. The molecular weight excluding hydrogens is 242 g/mol. The molecule has 0 fully saturated rings. The zero-order chi connectivity index (χ0) is 14.1. The van der Waals surface area contributed by atoms with Crippen molar-refractivity contribution < 1.29 is 14.6 Å². The first-order valence-corrected chi connectivity index (χ1v) is 6.69. The third kappa shape index (κ3) is 5.75. The van der Waals surface area contributed by atoms with Crippen molar-refractivity contribution in [3.63, 3.8) is 0 Å². The number of para-hydroxylation sites is 1. The largest absolute Gasteiger partial charge is 0.493 e. The Hall–Kier alpha value is -1.55. The standard InChI is InChI=1S/C15H23NO3/c1-3-15(2,10-11-17)16-14(18)9-12-19-13-7-5-4-6-8-13/h4-8,17H,3,9-12H2,1-2H3,(H,16,18). The predicted octanol–water partition coefficient (Wildman–Crippen LogP) is 2.12. The molecule has 1 rings (SSSR count). The number of nitrogens with one attached hydrogen (secondary N) is 1. The Bertz CT molecular complexity index is 380. The summed E-state index contributed by atoms with van der Waals surface area (Å²) in [5.41, 5.74) is -0.335. The van der Waals surface area contributed by atoms with Crippen LogP contribution in [0.15, 0.2) is 30.3 Å². The number of benzene rings is 1. The SMILES string of the molecule is CCC(C)(CCO)NC(=O)CCOc1ccccc1. The average Bonchev–Trinajstić information content (AvgIpc) is 2.40. The van der Waals surface area contributed by atoms with Crippen molar-refractivity contribution in [1.82, 2.24) is 5.32 Å². The molecule has 0 radical (unpaired) electrons. The first kappa shape index (κ1) is 15.5. The minimum absolute atomic E-state index is 0.0475. The molecule has 0 aliphatic rings. The van der Waals surface area contributed by atoms with E-state index >= 15 is 0 Å². The molecule has 0 aliphatic carbocycles. The van der Waals surface area contributed by atoms with Gasteiger partial charge in [0.25, 0.3) is 0 Å². The van der Waals surface area contributed by atoms with Crippen molar-refractivity contribution in [1.29, 1.82) is 0 Å². The summed E-state index contributed by atoms with van der Waals surface area (Å²) in [7, 11) is 0. The summed E-state index contributed by atoms with van der Waals surface area (Å²) >= 11 is 0. The maximum Gasteiger partial charge on any atom is 0.223 e. The van der Waals surface area contributed by atoms with E-state index in [2.05, 4.69) is 5.32 Å². The summed E-state index contributed by atoms with van der Waals surface area (Å²) in [4.78, 5) is 11.8. The van der Waals surface area contributed by atoms with Crippen LogP contribution in [0.3, 0.4) is 0 Å². The fourth-order valence-corrected chi connectivity index (χ4v) is 1.75. The Morgan fingerprint density at radius 1 is 1.37 bits per heavy atom. The number of hydrogen-bond acceptors (Lipinski definition) is 3. The lowest BCUT2D eigenvalue weighted by molar-refractivity contribution is -0.123. The summed E-state index contributed by atoms with van der Waals surface area (Å²) in [6, 6.07) is 9.43. The molecule has 1 atom stereocenters. The van der Waals surface area contributed by atoms with Gasteiger partial charge >= 0.3 is 0 Å². The van der Waals surface area contributed by atoms with E-state index in [9.17, 15) is 4.79 Å². The molecule has 4 nitrogen and oxygen atoms in total. The van der Waals surface area contributed by atoms with Crippen LogP contribution < -0.4 is 10.1 Å². The molecule has 1 aromatic rings. The van der Waals surface area contributed by atoms with E-state index in [1.54, 1.807) is 0 Å². The van der Waals surface area contributed by atoms with Crippen LogP contribution in [0.2, 0.25) is 0 Å². The second-order valence-corrected chi connectivity index (χ2v) is 4.85. The lowest BCUT2D eigenvalue weighted by atomic mass is 9.95. The Balaban J connectivity index is 2.31. The van der Waals surface area contributed by atoms with Gasteiger partial charge in [0.05, 0.1) is 13.0 Å². The van der Waals surface area contributed by atoms with Crippen molar-refractivity contribution >= 4 is 5.91 Å². The average molecular weight is 265 g/mol. The molecule has 1 amide bonds. The Kier molecular flexibility index (Phi) is 6.36. The number of hydrogen-bond donors (Lipinski definition) is 2. The number of aliphatic hydroxyl groups is 1. The van der Waals surface area contributed by atoms with Gasteiger partial charge < -0.3 is 15.2 Å². The van der Waals surface area contributed by atoms with Crippen molar-refractivity contribution in [3.8, 4) is 5.75 Å². The van der Waals surface area contributed by atoms with E-state index < -0.39 is 0 Å². The van der Waals surface area contributed by atoms with E-state index in [0.29, 0.717) is 19.4 Å². The van der Waals surface area contributed by atoms with Crippen molar-refractivity contribution in [3.05, 3.63) is 30.3 Å². The molecule has 0 aliphatic heterocycles. The van der Waals surface area contributed by atoms with Gasteiger partial charge in [-0.05, 0) is 31.9 Å². The van der Waals surface area contributed by atoms with Crippen LogP contribution in [0.25, 0.3) is 0 Å². The third-order valence-electron chi connectivity index (χ3n) is 3.23. The molecule has 0 spiro atoms. The summed E-state index contributed by atoms with van der Waals surface area (Å²) in [5.74, 6) is 0.720. The fraction of sp³-hybridized carbons (Fsp3) is 0.533. The van der Waals surface area contributed by atoms with Gasteiger partial charge in [0, 0.05) is 12.1 Å². The molecule has 0 aromatic heterocycles. The van der Waals surface area contributed by atoms with Gasteiger partial charge in [0.2, 0.25) is 5.91 Å². The summed E-state index contributed by atoms with van der Waals surface area (Å²) in [6.07, 6.45) is 1.67. The summed E-state index contributed by atoms with van der Waals surface area (Å²) in [6.45, 7) is 4.37. The van der Waals surface area contributed by atoms with Gasteiger partial charge in [-0.3, -0.25) is 4.79 Å². The number of rotatable bonds is 8. The van der Waals surface area contributed by atoms with Gasteiger partial charge in [-0.25, -0.2) is 0 Å². The topological polar surface area (TPSA) is 58.6 Å². The highest BCUT2D eigenvalue weighted by molar-refractivity contribution is 5.76. The van der Waals surface area contributed by atoms with Crippen LogP contribution in [0, 0.1) is 0 Å². The minimum atomic E-state index is -0.335. The van der Waals surface area contributed by atoms with Gasteiger partial charge in [0.1, 0.15) is 5.75 Å². The van der Waals surface area contributed by atoms with E-state index in [-0.39, 0.29) is 18.1 Å². The lowest BCUT2D eigenvalue weighted by Crippen LogP contribution is -2.46. The molecule has 0 heterocycles. The quantitative estimate of drug-likeness (QED) is 0.757. The lowest BCUT2D eigenvalue weighted by Gasteiger charge is -2.29. The highest BCUT2D eigenvalue weighted by atomic mass is 16.5. The smallest absolute Gasteiger partial charge is 0.223 e. The first-order valence-electron chi connectivity index (χ1n) is 6.69. The number of carbonyl (C=O) groups excluding carboxylic acids is 1. The third-order valence-corrected chi connectivity index (χ3v) is 3.23. The van der Waals surface area contributed by atoms with Crippen LogP contribution >= 0.6 is 0 Å². The molecule has 0 saturated heterocycles. The monoisotopic (exact) mass is 265 g/mol. The molecule has 4 heteroatoms. The molecule has 1 aromatic carbocycles. The van der Waals surface area contributed by atoms with Crippen LogP contribution in [0.5, 0.6) is 5.75 Å².